The van der Waals surface area contributed by atoms with E-state index >= 15 is 0 Å². The molecule has 0 aliphatic carbocycles. The standard InChI is InChI=1S/C13H14F3N5O/c1-8-2-4-9(5-3-8)6-18-11-19-10(17)20-12(21-11)22-7-13(14,15)16/h2-5H,6-7H2,1H3,(H3,17,18,19,20,21). The molecule has 0 aliphatic rings. The molecule has 1 aromatic carbocycles. The van der Waals surface area contributed by atoms with Gasteiger partial charge >= 0.3 is 12.2 Å². The van der Waals surface area contributed by atoms with Crippen LogP contribution < -0.4 is 15.8 Å². The number of alkyl halides is 3. The van der Waals surface area contributed by atoms with Crippen LogP contribution in [0.15, 0.2) is 24.3 Å². The van der Waals surface area contributed by atoms with E-state index in [-0.39, 0.29) is 11.9 Å². The van der Waals surface area contributed by atoms with Crippen LogP contribution in [0.4, 0.5) is 25.1 Å². The summed E-state index contributed by atoms with van der Waals surface area (Å²) in [7, 11) is 0. The molecule has 1 heterocycles. The molecule has 0 unspecified atom stereocenters. The van der Waals surface area contributed by atoms with Gasteiger partial charge in [0.15, 0.2) is 6.61 Å². The molecular weight excluding hydrogens is 299 g/mol. The number of aromatic nitrogens is 3. The number of hydrogen-bond donors (Lipinski definition) is 2. The topological polar surface area (TPSA) is 86.0 Å². The first-order valence-corrected chi connectivity index (χ1v) is 6.32. The fourth-order valence-corrected chi connectivity index (χ4v) is 1.55. The van der Waals surface area contributed by atoms with Crippen molar-refractivity contribution in [3.63, 3.8) is 0 Å². The first-order valence-electron chi connectivity index (χ1n) is 6.32. The lowest BCUT2D eigenvalue weighted by Gasteiger charge is -2.10. The molecule has 3 N–H and O–H groups in total. The van der Waals surface area contributed by atoms with Crippen molar-refractivity contribution < 1.29 is 17.9 Å². The Bertz CT molecular complexity index is 631. The SMILES string of the molecule is Cc1ccc(CNc2nc(N)nc(OCC(F)(F)F)n2)cc1. The van der Waals surface area contributed by atoms with Crippen molar-refractivity contribution in [2.75, 3.05) is 17.7 Å². The summed E-state index contributed by atoms with van der Waals surface area (Å²) < 4.78 is 40.8. The van der Waals surface area contributed by atoms with E-state index in [0.29, 0.717) is 6.54 Å². The molecule has 0 aliphatic heterocycles. The molecule has 1 aromatic heterocycles. The van der Waals surface area contributed by atoms with Crippen LogP contribution in [0.25, 0.3) is 0 Å². The second-order valence-corrected chi connectivity index (χ2v) is 4.54. The third-order valence-corrected chi connectivity index (χ3v) is 2.57. The van der Waals surface area contributed by atoms with Crippen LogP contribution in [0.3, 0.4) is 0 Å². The molecule has 0 spiro atoms. The molecule has 22 heavy (non-hydrogen) atoms. The Kier molecular flexibility index (Phi) is 4.64. The van der Waals surface area contributed by atoms with Gasteiger partial charge in [0, 0.05) is 6.54 Å². The summed E-state index contributed by atoms with van der Waals surface area (Å²) in [5, 5.41) is 2.86. The molecule has 0 atom stereocenters. The van der Waals surface area contributed by atoms with Gasteiger partial charge in [0.05, 0.1) is 0 Å². The first-order chi connectivity index (χ1) is 10.3. The Hall–Kier alpha value is -2.58. The summed E-state index contributed by atoms with van der Waals surface area (Å²) in [5.41, 5.74) is 7.51. The van der Waals surface area contributed by atoms with Gasteiger partial charge in [-0.15, -0.1) is 0 Å². The van der Waals surface area contributed by atoms with Gasteiger partial charge in [-0.05, 0) is 12.5 Å². The minimum absolute atomic E-state index is 0.0465. The van der Waals surface area contributed by atoms with E-state index in [9.17, 15) is 13.2 Å². The summed E-state index contributed by atoms with van der Waals surface area (Å²) in [6.07, 6.45) is -4.48. The number of nitrogen functional groups attached to an aromatic ring is 1. The number of rotatable bonds is 5. The van der Waals surface area contributed by atoms with Crippen molar-refractivity contribution in [2.24, 2.45) is 0 Å². The van der Waals surface area contributed by atoms with Crippen molar-refractivity contribution in [1.29, 1.82) is 0 Å². The van der Waals surface area contributed by atoms with E-state index in [1.165, 1.54) is 0 Å². The molecule has 0 bridgehead atoms. The average molecular weight is 313 g/mol. The maximum Gasteiger partial charge on any atom is 0.422 e. The molecule has 2 aromatic rings. The predicted octanol–water partition coefficient (Wildman–Crippen LogP) is 2.32. The molecule has 0 amide bonds. The number of hydrogen-bond acceptors (Lipinski definition) is 6. The van der Waals surface area contributed by atoms with Gasteiger partial charge in [0.1, 0.15) is 0 Å². The first kappa shape index (κ1) is 15.8. The van der Waals surface area contributed by atoms with E-state index in [2.05, 4.69) is 25.0 Å². The normalized spacial score (nSPS) is 11.3. The Balaban J connectivity index is 2.01. The van der Waals surface area contributed by atoms with Gasteiger partial charge in [-0.25, -0.2) is 0 Å². The Morgan fingerprint density at radius 1 is 1.14 bits per heavy atom. The van der Waals surface area contributed by atoms with Crippen molar-refractivity contribution in [2.45, 2.75) is 19.6 Å². The lowest BCUT2D eigenvalue weighted by Crippen LogP contribution is -2.21. The zero-order valence-corrected chi connectivity index (χ0v) is 11.7. The number of anilines is 2. The molecule has 0 saturated carbocycles. The van der Waals surface area contributed by atoms with Gasteiger partial charge < -0.3 is 15.8 Å². The molecule has 0 fully saturated rings. The summed E-state index contributed by atoms with van der Waals surface area (Å²) >= 11 is 0. The molecule has 0 saturated heterocycles. The van der Waals surface area contributed by atoms with Crippen LogP contribution >= 0.6 is 0 Å². The van der Waals surface area contributed by atoms with Crippen LogP contribution in [-0.2, 0) is 6.54 Å². The van der Waals surface area contributed by atoms with Crippen LogP contribution in [0.2, 0.25) is 0 Å². The highest BCUT2D eigenvalue weighted by atomic mass is 19.4. The number of halogens is 3. The summed E-state index contributed by atoms with van der Waals surface area (Å²) in [6, 6.07) is 7.23. The minimum Gasteiger partial charge on any atom is -0.454 e. The minimum atomic E-state index is -4.48. The van der Waals surface area contributed by atoms with Crippen LogP contribution in [0.5, 0.6) is 6.01 Å². The summed E-state index contributed by atoms with van der Waals surface area (Å²) in [6.45, 7) is 0.866. The van der Waals surface area contributed by atoms with Crippen LogP contribution in [0.1, 0.15) is 11.1 Å². The van der Waals surface area contributed by atoms with E-state index in [1.807, 2.05) is 31.2 Å². The van der Waals surface area contributed by atoms with Crippen molar-refractivity contribution in [3.8, 4) is 6.01 Å². The third kappa shape index (κ3) is 5.08. The highest BCUT2D eigenvalue weighted by Gasteiger charge is 2.29. The molecule has 0 radical (unpaired) electrons. The number of nitrogens with one attached hydrogen (secondary N) is 1. The van der Waals surface area contributed by atoms with Crippen LogP contribution in [-0.4, -0.2) is 27.7 Å². The van der Waals surface area contributed by atoms with Gasteiger partial charge in [0.2, 0.25) is 11.9 Å². The largest absolute Gasteiger partial charge is 0.454 e. The van der Waals surface area contributed by atoms with Gasteiger partial charge in [0.25, 0.3) is 0 Å². The summed E-state index contributed by atoms with van der Waals surface area (Å²) in [4.78, 5) is 11.0. The quantitative estimate of drug-likeness (QED) is 0.881. The molecule has 9 heteroatoms. The van der Waals surface area contributed by atoms with Crippen molar-refractivity contribution in [3.05, 3.63) is 35.4 Å². The second kappa shape index (κ2) is 6.46. The van der Waals surface area contributed by atoms with Crippen LogP contribution in [0, 0.1) is 6.92 Å². The molecule has 2 rings (SSSR count). The number of aryl methyl sites for hydroxylation is 1. The number of nitrogens with zero attached hydrogens (tertiary/aromatic N) is 3. The number of benzene rings is 1. The average Bonchev–Trinajstić information content (AvgIpc) is 2.43. The van der Waals surface area contributed by atoms with E-state index < -0.39 is 18.8 Å². The highest BCUT2D eigenvalue weighted by Crippen LogP contribution is 2.17. The van der Waals surface area contributed by atoms with Crippen molar-refractivity contribution >= 4 is 11.9 Å². The zero-order chi connectivity index (χ0) is 16.2. The van der Waals surface area contributed by atoms with Gasteiger partial charge in [-0.2, -0.15) is 28.1 Å². The van der Waals surface area contributed by atoms with Gasteiger partial charge in [-0.3, -0.25) is 0 Å². The Labute approximate surface area is 124 Å². The molecule has 118 valence electrons. The van der Waals surface area contributed by atoms with E-state index in [1.54, 1.807) is 0 Å². The smallest absolute Gasteiger partial charge is 0.422 e. The van der Waals surface area contributed by atoms with E-state index in [0.717, 1.165) is 11.1 Å². The fourth-order valence-electron chi connectivity index (χ4n) is 1.55. The van der Waals surface area contributed by atoms with Gasteiger partial charge in [-0.1, -0.05) is 29.8 Å². The number of ether oxygens (including phenoxy) is 1. The lowest BCUT2D eigenvalue weighted by molar-refractivity contribution is -0.154. The molecular formula is C13H14F3N5O. The highest BCUT2D eigenvalue weighted by molar-refractivity contribution is 5.34. The Morgan fingerprint density at radius 3 is 2.45 bits per heavy atom. The lowest BCUT2D eigenvalue weighted by atomic mass is 10.1. The van der Waals surface area contributed by atoms with E-state index in [4.69, 9.17) is 5.73 Å². The number of nitrogens with two attached hydrogens (primary N) is 1. The Morgan fingerprint density at radius 2 is 1.82 bits per heavy atom. The zero-order valence-electron chi connectivity index (χ0n) is 11.7. The maximum absolute atomic E-state index is 12.1. The third-order valence-electron chi connectivity index (χ3n) is 2.57. The molecule has 6 nitrogen and oxygen atoms in total. The predicted molar refractivity (Wildman–Crippen MR) is 74.3 cm³/mol. The monoisotopic (exact) mass is 313 g/mol. The summed E-state index contributed by atoms with van der Waals surface area (Å²) in [5.74, 6) is -0.177. The second-order valence-electron chi connectivity index (χ2n) is 4.54. The maximum atomic E-state index is 12.1. The van der Waals surface area contributed by atoms with Crippen molar-refractivity contribution in [1.82, 2.24) is 15.0 Å². The fraction of sp³-hybridized carbons (Fsp3) is 0.308.